The van der Waals surface area contributed by atoms with E-state index >= 15 is 0 Å². The van der Waals surface area contributed by atoms with Crippen LogP contribution in [0.15, 0.2) is 36.7 Å². The molecule has 2 N–H and O–H groups in total. The molecule has 0 fully saturated rings. The highest BCUT2D eigenvalue weighted by Gasteiger charge is 2.26. The second kappa shape index (κ2) is 7.59. The molecule has 0 unspecified atom stereocenters. The molecule has 1 aliphatic heterocycles. The van der Waals surface area contributed by atoms with Crippen molar-refractivity contribution in [3.8, 4) is 0 Å². The van der Waals surface area contributed by atoms with Gasteiger partial charge in [-0.15, -0.1) is 11.3 Å². The molecular weight excluding hydrogens is 372 g/mol. The van der Waals surface area contributed by atoms with Crippen LogP contribution in [0.5, 0.6) is 0 Å². The van der Waals surface area contributed by atoms with E-state index in [4.69, 9.17) is 0 Å². The number of thiophene rings is 1. The Morgan fingerprint density at radius 2 is 2.00 bits per heavy atom. The number of carbonyl (C=O) groups is 2. The van der Waals surface area contributed by atoms with Gasteiger partial charge in [0.2, 0.25) is 5.91 Å². The van der Waals surface area contributed by atoms with E-state index in [2.05, 4.69) is 33.7 Å². The van der Waals surface area contributed by atoms with Gasteiger partial charge in [-0.1, -0.05) is 18.2 Å². The first kappa shape index (κ1) is 18.4. The Morgan fingerprint density at radius 3 is 2.71 bits per heavy atom. The third kappa shape index (κ3) is 3.84. The van der Waals surface area contributed by atoms with Crippen molar-refractivity contribution >= 4 is 23.2 Å². The highest BCUT2D eigenvalue weighted by molar-refractivity contribution is 7.14. The minimum Gasteiger partial charge on any atom is -0.352 e. The molecule has 7 heteroatoms. The Labute approximate surface area is 167 Å². The monoisotopic (exact) mass is 394 g/mol. The number of aromatic nitrogens is 2. The van der Waals surface area contributed by atoms with Gasteiger partial charge in [-0.25, -0.2) is 0 Å². The third-order valence-corrected chi connectivity index (χ3v) is 6.07. The summed E-state index contributed by atoms with van der Waals surface area (Å²) in [5.41, 5.74) is 5.27. The number of nitrogens with zero attached hydrogens (tertiary/aromatic N) is 2. The van der Waals surface area contributed by atoms with Crippen LogP contribution in [-0.4, -0.2) is 26.9 Å². The van der Waals surface area contributed by atoms with E-state index in [9.17, 15) is 9.59 Å². The number of nitrogens with one attached hydrogen (secondary N) is 2. The van der Waals surface area contributed by atoms with Crippen LogP contribution < -0.4 is 5.32 Å². The van der Waals surface area contributed by atoms with Crippen molar-refractivity contribution in [3.05, 3.63) is 74.2 Å². The molecule has 0 atom stereocenters. The number of carbonyl (C=O) groups excluding carboxylic acids is 2. The molecule has 2 amide bonds. The van der Waals surface area contributed by atoms with Crippen LogP contribution in [-0.2, 0) is 30.8 Å². The van der Waals surface area contributed by atoms with Gasteiger partial charge in [0, 0.05) is 30.7 Å². The Kier molecular flexibility index (Phi) is 5.00. The van der Waals surface area contributed by atoms with Crippen molar-refractivity contribution < 1.29 is 9.59 Å². The van der Waals surface area contributed by atoms with E-state index in [1.54, 1.807) is 23.7 Å². The SMILES string of the molecule is Cc1cc(C)c(C(=O)N2Cc3ccc(CNC(=O)Cc4cn[nH]c4)cc3C2)s1. The van der Waals surface area contributed by atoms with Gasteiger partial charge in [-0.05, 0) is 47.7 Å². The van der Waals surface area contributed by atoms with E-state index in [0.29, 0.717) is 26.1 Å². The lowest BCUT2D eigenvalue weighted by molar-refractivity contribution is -0.120. The number of benzene rings is 1. The molecule has 4 rings (SSSR count). The highest BCUT2D eigenvalue weighted by Crippen LogP contribution is 2.29. The molecule has 0 radical (unpaired) electrons. The Hall–Kier alpha value is -2.93. The number of rotatable bonds is 5. The molecule has 2 aromatic heterocycles. The van der Waals surface area contributed by atoms with Gasteiger partial charge < -0.3 is 10.2 Å². The first-order chi connectivity index (χ1) is 13.5. The van der Waals surface area contributed by atoms with Gasteiger partial charge in [-0.3, -0.25) is 14.7 Å². The molecule has 28 heavy (non-hydrogen) atoms. The lowest BCUT2D eigenvalue weighted by atomic mass is 10.1. The fourth-order valence-corrected chi connectivity index (χ4v) is 4.52. The summed E-state index contributed by atoms with van der Waals surface area (Å²) in [5, 5.41) is 9.49. The second-order valence-corrected chi connectivity index (χ2v) is 8.45. The number of aromatic amines is 1. The minimum atomic E-state index is -0.0396. The van der Waals surface area contributed by atoms with Crippen molar-refractivity contribution in [2.75, 3.05) is 0 Å². The first-order valence-electron chi connectivity index (χ1n) is 9.21. The van der Waals surface area contributed by atoms with Crippen LogP contribution >= 0.6 is 11.3 Å². The summed E-state index contributed by atoms with van der Waals surface area (Å²) in [5.74, 6) is 0.0593. The van der Waals surface area contributed by atoms with Crippen LogP contribution in [0, 0.1) is 13.8 Å². The molecule has 0 saturated heterocycles. The fraction of sp³-hybridized carbons (Fsp3) is 0.286. The van der Waals surface area contributed by atoms with Crippen molar-refractivity contribution in [2.24, 2.45) is 0 Å². The second-order valence-electron chi connectivity index (χ2n) is 7.19. The van der Waals surface area contributed by atoms with E-state index in [-0.39, 0.29) is 11.8 Å². The number of amides is 2. The highest BCUT2D eigenvalue weighted by atomic mass is 32.1. The summed E-state index contributed by atoms with van der Waals surface area (Å²) in [6.07, 6.45) is 3.68. The summed E-state index contributed by atoms with van der Waals surface area (Å²) in [4.78, 5) is 28.8. The Bertz CT molecular complexity index is 1020. The first-order valence-corrected chi connectivity index (χ1v) is 10.0. The number of hydrogen-bond acceptors (Lipinski definition) is 4. The standard InChI is InChI=1S/C21H22N4O2S/c1-13-5-14(2)28-20(13)21(27)25-11-17-4-3-15(6-18(17)12-25)8-22-19(26)7-16-9-23-24-10-16/h3-6,9-10H,7-8,11-12H2,1-2H3,(H,22,26)(H,23,24). The van der Waals surface area contributed by atoms with E-state index in [1.165, 1.54) is 5.56 Å². The molecule has 3 aromatic rings. The maximum Gasteiger partial charge on any atom is 0.264 e. The van der Waals surface area contributed by atoms with Gasteiger partial charge in [0.25, 0.3) is 5.91 Å². The predicted molar refractivity (Wildman–Crippen MR) is 108 cm³/mol. The van der Waals surface area contributed by atoms with Crippen LogP contribution in [0.25, 0.3) is 0 Å². The summed E-state index contributed by atoms with van der Waals surface area (Å²) < 4.78 is 0. The number of fused-ring (bicyclic) bond motifs is 1. The minimum absolute atomic E-state index is 0.0396. The quantitative estimate of drug-likeness (QED) is 0.698. The van der Waals surface area contributed by atoms with Gasteiger partial charge in [-0.2, -0.15) is 5.10 Å². The van der Waals surface area contributed by atoms with Crippen molar-refractivity contribution in [2.45, 2.75) is 39.9 Å². The van der Waals surface area contributed by atoms with E-state index in [0.717, 1.165) is 32.0 Å². The van der Waals surface area contributed by atoms with Crippen LogP contribution in [0.2, 0.25) is 0 Å². The number of hydrogen-bond donors (Lipinski definition) is 2. The molecule has 0 bridgehead atoms. The van der Waals surface area contributed by atoms with E-state index < -0.39 is 0 Å². The zero-order valence-corrected chi connectivity index (χ0v) is 16.7. The summed E-state index contributed by atoms with van der Waals surface area (Å²) >= 11 is 1.56. The molecule has 144 valence electrons. The predicted octanol–water partition coefficient (Wildman–Crippen LogP) is 3.10. The molecule has 0 saturated carbocycles. The normalized spacial score (nSPS) is 12.9. The maximum absolute atomic E-state index is 12.9. The van der Waals surface area contributed by atoms with Crippen LogP contribution in [0.1, 0.15) is 42.4 Å². The molecular formula is C21H22N4O2S. The summed E-state index contributed by atoms with van der Waals surface area (Å²) in [6, 6.07) is 8.23. The molecule has 0 spiro atoms. The zero-order valence-electron chi connectivity index (χ0n) is 15.9. The Morgan fingerprint density at radius 1 is 1.18 bits per heavy atom. The lowest BCUT2D eigenvalue weighted by Gasteiger charge is -2.14. The summed E-state index contributed by atoms with van der Waals surface area (Å²) in [6.45, 7) is 5.74. The zero-order chi connectivity index (χ0) is 19.7. The van der Waals surface area contributed by atoms with Crippen molar-refractivity contribution in [1.82, 2.24) is 20.4 Å². The van der Waals surface area contributed by atoms with Crippen LogP contribution in [0.4, 0.5) is 0 Å². The van der Waals surface area contributed by atoms with Crippen molar-refractivity contribution in [3.63, 3.8) is 0 Å². The topological polar surface area (TPSA) is 78.1 Å². The molecule has 1 aromatic carbocycles. The lowest BCUT2D eigenvalue weighted by Crippen LogP contribution is -2.25. The van der Waals surface area contributed by atoms with Gasteiger partial charge in [0.05, 0.1) is 17.5 Å². The summed E-state index contributed by atoms with van der Waals surface area (Å²) in [7, 11) is 0. The van der Waals surface area contributed by atoms with E-state index in [1.807, 2.05) is 24.8 Å². The van der Waals surface area contributed by atoms with Crippen LogP contribution in [0.3, 0.4) is 0 Å². The average Bonchev–Trinajstić information content (AvgIpc) is 3.39. The Balaban J connectivity index is 1.38. The third-order valence-electron chi connectivity index (χ3n) is 4.92. The van der Waals surface area contributed by atoms with Gasteiger partial charge >= 0.3 is 0 Å². The molecule has 1 aliphatic rings. The molecule has 3 heterocycles. The molecule has 6 nitrogen and oxygen atoms in total. The number of aryl methyl sites for hydroxylation is 2. The fourth-order valence-electron chi connectivity index (χ4n) is 3.52. The average molecular weight is 395 g/mol. The smallest absolute Gasteiger partial charge is 0.264 e. The maximum atomic E-state index is 12.9. The number of H-pyrrole nitrogens is 1. The van der Waals surface area contributed by atoms with Gasteiger partial charge in [0.1, 0.15) is 0 Å². The van der Waals surface area contributed by atoms with Gasteiger partial charge in [0.15, 0.2) is 0 Å². The van der Waals surface area contributed by atoms with Crippen molar-refractivity contribution in [1.29, 1.82) is 0 Å². The molecule has 0 aliphatic carbocycles. The largest absolute Gasteiger partial charge is 0.352 e.